The van der Waals surface area contributed by atoms with Crippen molar-refractivity contribution in [1.82, 2.24) is 9.69 Å². The Kier molecular flexibility index (Phi) is 8.28. The molecule has 1 aliphatic rings. The van der Waals surface area contributed by atoms with Gasteiger partial charge in [0.2, 0.25) is 5.91 Å². The number of ether oxygens (including phenoxy) is 1. The summed E-state index contributed by atoms with van der Waals surface area (Å²) in [4.78, 5) is 43.2. The Morgan fingerprint density at radius 1 is 1.16 bits per heavy atom. The van der Waals surface area contributed by atoms with Crippen LogP contribution >= 0.6 is 11.5 Å². The predicted octanol–water partition coefficient (Wildman–Crippen LogP) is 2.88. The molecule has 3 aromatic rings. The second-order valence-corrected chi connectivity index (χ2v) is 10.1. The number of carbonyl (C=O) groups excluding carboxylic acids is 3. The zero-order valence-corrected chi connectivity index (χ0v) is 22.5. The van der Waals surface area contributed by atoms with E-state index in [9.17, 15) is 14.4 Å². The van der Waals surface area contributed by atoms with Gasteiger partial charge in [0.15, 0.2) is 5.69 Å². The molecule has 2 aromatic carbocycles. The summed E-state index contributed by atoms with van der Waals surface area (Å²) < 4.78 is 9.69. The SMILES string of the molecule is Cc1ccccc1N(C(=O)c1snc(C(N)=O)c1N)[C@H](C(=O)NC[C@@H]1CCCO1)c1ccc(N(C)C)cc1. The van der Waals surface area contributed by atoms with Gasteiger partial charge in [-0.05, 0) is 60.6 Å². The zero-order valence-electron chi connectivity index (χ0n) is 21.6. The molecule has 0 unspecified atom stereocenters. The third-order valence-corrected chi connectivity index (χ3v) is 7.36. The minimum Gasteiger partial charge on any atom is -0.395 e. The fourth-order valence-electron chi connectivity index (χ4n) is 4.43. The molecule has 38 heavy (non-hydrogen) atoms. The number of benzene rings is 2. The van der Waals surface area contributed by atoms with Gasteiger partial charge in [-0.1, -0.05) is 30.3 Å². The van der Waals surface area contributed by atoms with Crippen molar-refractivity contribution in [3.63, 3.8) is 0 Å². The second kappa shape index (κ2) is 11.6. The first-order valence-electron chi connectivity index (χ1n) is 12.3. The molecule has 1 fully saturated rings. The minimum absolute atomic E-state index is 0.0314. The van der Waals surface area contributed by atoms with E-state index in [1.54, 1.807) is 12.1 Å². The molecule has 11 heteroatoms. The Morgan fingerprint density at radius 2 is 1.87 bits per heavy atom. The molecular weight excluding hydrogens is 504 g/mol. The van der Waals surface area contributed by atoms with Gasteiger partial charge in [0.25, 0.3) is 11.8 Å². The Bertz CT molecular complexity index is 1320. The van der Waals surface area contributed by atoms with Crippen LogP contribution in [0.4, 0.5) is 17.1 Å². The normalized spacial score (nSPS) is 15.6. The van der Waals surface area contributed by atoms with Crippen molar-refractivity contribution in [3.8, 4) is 0 Å². The highest BCUT2D eigenvalue weighted by Crippen LogP contribution is 2.35. The van der Waals surface area contributed by atoms with Crippen LogP contribution in [0.5, 0.6) is 0 Å². The van der Waals surface area contributed by atoms with Crippen LogP contribution in [0.2, 0.25) is 0 Å². The summed E-state index contributed by atoms with van der Waals surface area (Å²) in [6, 6.07) is 13.7. The highest BCUT2D eigenvalue weighted by atomic mass is 32.1. The maximum atomic E-state index is 14.2. The van der Waals surface area contributed by atoms with Crippen LogP contribution in [0.25, 0.3) is 0 Å². The Hall–Kier alpha value is -3.96. The van der Waals surface area contributed by atoms with E-state index in [0.29, 0.717) is 24.4 Å². The van der Waals surface area contributed by atoms with Gasteiger partial charge in [0.05, 0.1) is 11.8 Å². The summed E-state index contributed by atoms with van der Waals surface area (Å²) in [6.07, 6.45) is 1.72. The number of para-hydroxylation sites is 1. The number of nitrogens with one attached hydrogen (secondary N) is 1. The van der Waals surface area contributed by atoms with Gasteiger partial charge in [-0.15, -0.1) is 0 Å². The van der Waals surface area contributed by atoms with Crippen molar-refractivity contribution < 1.29 is 19.1 Å². The molecule has 3 amide bonds. The lowest BCUT2D eigenvalue weighted by atomic mass is 10.0. The van der Waals surface area contributed by atoms with Gasteiger partial charge >= 0.3 is 0 Å². The third kappa shape index (κ3) is 5.63. The number of nitrogen functional groups attached to an aromatic ring is 1. The lowest BCUT2D eigenvalue weighted by molar-refractivity contribution is -0.123. The molecule has 0 bridgehead atoms. The lowest BCUT2D eigenvalue weighted by Crippen LogP contribution is -2.46. The van der Waals surface area contributed by atoms with Gasteiger partial charge in [-0.3, -0.25) is 19.3 Å². The van der Waals surface area contributed by atoms with Gasteiger partial charge in [0, 0.05) is 38.6 Å². The summed E-state index contributed by atoms with van der Waals surface area (Å²) >= 11 is 0.780. The van der Waals surface area contributed by atoms with E-state index in [0.717, 1.165) is 35.6 Å². The van der Waals surface area contributed by atoms with Crippen LogP contribution in [0.1, 0.15) is 50.2 Å². The molecular formula is C27H32N6O4S. The van der Waals surface area contributed by atoms with Crippen LogP contribution in [0.15, 0.2) is 48.5 Å². The van der Waals surface area contributed by atoms with E-state index >= 15 is 0 Å². The number of nitrogens with zero attached hydrogens (tertiary/aromatic N) is 3. The summed E-state index contributed by atoms with van der Waals surface area (Å²) in [5, 5.41) is 2.99. The average Bonchev–Trinajstić information content (AvgIpc) is 3.56. The number of carbonyl (C=O) groups is 3. The van der Waals surface area contributed by atoms with E-state index in [1.165, 1.54) is 4.90 Å². The second-order valence-electron chi connectivity index (χ2n) is 9.37. The van der Waals surface area contributed by atoms with Crippen LogP contribution < -0.4 is 26.6 Å². The number of nitrogens with two attached hydrogens (primary N) is 2. The molecule has 2 heterocycles. The van der Waals surface area contributed by atoms with Crippen LogP contribution in [-0.4, -0.2) is 55.4 Å². The number of amides is 3. The van der Waals surface area contributed by atoms with Crippen molar-refractivity contribution >= 4 is 46.3 Å². The van der Waals surface area contributed by atoms with E-state index in [1.807, 2.05) is 62.3 Å². The first-order valence-corrected chi connectivity index (χ1v) is 13.1. The molecule has 1 aromatic heterocycles. The number of rotatable bonds is 9. The summed E-state index contributed by atoms with van der Waals surface area (Å²) in [5.74, 6) is -1.76. The van der Waals surface area contributed by atoms with Gasteiger partial charge in [-0.2, -0.15) is 4.37 Å². The molecule has 0 radical (unpaired) electrons. The van der Waals surface area contributed by atoms with Crippen molar-refractivity contribution in [1.29, 1.82) is 0 Å². The topological polar surface area (TPSA) is 144 Å². The third-order valence-electron chi connectivity index (χ3n) is 6.51. The molecule has 1 aliphatic heterocycles. The monoisotopic (exact) mass is 536 g/mol. The van der Waals surface area contributed by atoms with E-state index in [4.69, 9.17) is 16.2 Å². The molecule has 2 atom stereocenters. The minimum atomic E-state index is -1.04. The highest BCUT2D eigenvalue weighted by Gasteiger charge is 2.37. The van der Waals surface area contributed by atoms with Gasteiger partial charge in [-0.25, -0.2) is 0 Å². The molecule has 200 valence electrons. The molecule has 0 spiro atoms. The summed E-state index contributed by atoms with van der Waals surface area (Å²) in [6.45, 7) is 2.85. The zero-order chi connectivity index (χ0) is 27.4. The summed E-state index contributed by atoms with van der Waals surface area (Å²) in [5.41, 5.74) is 14.1. The Morgan fingerprint density at radius 3 is 2.45 bits per heavy atom. The number of aromatic nitrogens is 1. The molecule has 10 nitrogen and oxygen atoms in total. The first-order chi connectivity index (χ1) is 18.2. The van der Waals surface area contributed by atoms with E-state index < -0.39 is 17.9 Å². The molecule has 0 saturated carbocycles. The molecule has 5 N–H and O–H groups in total. The fraction of sp³-hybridized carbons (Fsp3) is 0.333. The Balaban J connectivity index is 1.83. The van der Waals surface area contributed by atoms with Gasteiger partial charge < -0.3 is 26.4 Å². The van der Waals surface area contributed by atoms with Crippen LogP contribution in [0, 0.1) is 6.92 Å². The van der Waals surface area contributed by atoms with Crippen LogP contribution in [-0.2, 0) is 9.53 Å². The van der Waals surface area contributed by atoms with Crippen LogP contribution in [0.3, 0.4) is 0 Å². The standard InChI is InChI=1S/C27H32N6O4S/c1-16-7-4-5-9-20(16)33(27(36)24-21(28)22(25(29)34)31-38-24)23(17-10-12-18(13-11-17)32(2)3)26(35)30-15-19-8-6-14-37-19/h4-5,7,9-13,19,23H,6,8,14-15,28H2,1-3H3,(H2,29,34)(H,30,35)/t19-,23-/m0/s1. The molecule has 4 rings (SSSR count). The van der Waals surface area contributed by atoms with Crippen molar-refractivity contribution in [2.24, 2.45) is 5.73 Å². The number of hydrogen-bond donors (Lipinski definition) is 3. The largest absolute Gasteiger partial charge is 0.395 e. The van der Waals surface area contributed by atoms with Gasteiger partial charge in [0.1, 0.15) is 10.9 Å². The number of aryl methyl sites for hydroxylation is 1. The predicted molar refractivity (Wildman–Crippen MR) is 149 cm³/mol. The number of hydrogen-bond acceptors (Lipinski definition) is 8. The first kappa shape index (κ1) is 27.1. The smallest absolute Gasteiger partial charge is 0.273 e. The maximum Gasteiger partial charge on any atom is 0.273 e. The quantitative estimate of drug-likeness (QED) is 0.381. The molecule has 0 aliphatic carbocycles. The average molecular weight is 537 g/mol. The molecule has 1 saturated heterocycles. The van der Waals surface area contributed by atoms with Crippen molar-refractivity contribution in [3.05, 3.63) is 70.2 Å². The van der Waals surface area contributed by atoms with Crippen molar-refractivity contribution in [2.45, 2.75) is 31.9 Å². The lowest BCUT2D eigenvalue weighted by Gasteiger charge is -2.32. The van der Waals surface area contributed by atoms with E-state index in [2.05, 4.69) is 9.69 Å². The number of primary amides is 1. The number of anilines is 3. The maximum absolute atomic E-state index is 14.2. The van der Waals surface area contributed by atoms with E-state index in [-0.39, 0.29) is 28.3 Å². The van der Waals surface area contributed by atoms with Crippen molar-refractivity contribution in [2.75, 3.05) is 42.8 Å². The summed E-state index contributed by atoms with van der Waals surface area (Å²) in [7, 11) is 3.85. The Labute approximate surface area is 225 Å². The fourth-order valence-corrected chi connectivity index (χ4v) is 5.17. The highest BCUT2D eigenvalue weighted by molar-refractivity contribution is 7.09.